The van der Waals surface area contributed by atoms with Crippen LogP contribution in [-0.4, -0.2) is 85.7 Å². The van der Waals surface area contributed by atoms with Gasteiger partial charge in [0.15, 0.2) is 5.60 Å². The minimum Gasteiger partial charge on any atom is -0.469 e. The van der Waals surface area contributed by atoms with Crippen molar-refractivity contribution in [3.05, 3.63) is 35.7 Å². The van der Waals surface area contributed by atoms with Gasteiger partial charge in [-0.15, -0.1) is 5.10 Å². The Hall–Kier alpha value is -3.20. The molecule has 2 fully saturated rings. The van der Waals surface area contributed by atoms with Crippen LogP contribution < -0.4 is 15.5 Å². The highest BCUT2D eigenvalue weighted by molar-refractivity contribution is 6.72. The summed E-state index contributed by atoms with van der Waals surface area (Å²) in [7, 11) is -2.02. The Bertz CT molecular complexity index is 1410. The van der Waals surface area contributed by atoms with Crippen molar-refractivity contribution in [1.82, 2.24) is 20.3 Å². The Kier molecular flexibility index (Phi) is 10.6. The van der Waals surface area contributed by atoms with Crippen LogP contribution in [0.5, 0.6) is 0 Å². The van der Waals surface area contributed by atoms with Gasteiger partial charge in [0.1, 0.15) is 0 Å². The topological polar surface area (TPSA) is 148 Å². The number of halogens is 1. The van der Waals surface area contributed by atoms with Gasteiger partial charge in [0.05, 0.1) is 30.5 Å². The summed E-state index contributed by atoms with van der Waals surface area (Å²) in [6.45, 7) is 7.50. The molecule has 5 rings (SSSR count). The molecule has 3 aliphatic rings. The minimum atomic E-state index is -3.37. The van der Waals surface area contributed by atoms with Crippen molar-refractivity contribution >= 4 is 37.6 Å². The highest BCUT2D eigenvalue weighted by Gasteiger charge is 2.66. The molecule has 0 radical (unpaired) electrons. The number of ether oxygens (including phenoxy) is 2. The lowest BCUT2D eigenvalue weighted by atomic mass is 9.82. The van der Waals surface area contributed by atoms with Gasteiger partial charge in [-0.1, -0.05) is 12.1 Å². The van der Waals surface area contributed by atoms with E-state index in [4.69, 9.17) is 9.47 Å². The number of benzene rings is 1. The second-order valence-electron chi connectivity index (χ2n) is 13.3. The number of rotatable bonds is 13. The van der Waals surface area contributed by atoms with E-state index in [0.29, 0.717) is 67.9 Å². The van der Waals surface area contributed by atoms with Crippen molar-refractivity contribution in [2.75, 3.05) is 43.6 Å². The Labute approximate surface area is 270 Å². The number of esters is 1. The molecule has 2 amide bonds. The third-order valence-electron chi connectivity index (χ3n) is 9.73. The van der Waals surface area contributed by atoms with Crippen LogP contribution in [0.25, 0.3) is 0 Å². The number of carbonyl (C=O) groups is 3. The molecule has 2 aromatic rings. The van der Waals surface area contributed by atoms with Crippen LogP contribution in [0.4, 0.5) is 15.5 Å². The van der Waals surface area contributed by atoms with E-state index >= 15 is 4.11 Å². The fraction of sp³-hybridized carbons (Fsp3) is 0.656. The van der Waals surface area contributed by atoms with Crippen molar-refractivity contribution in [3.63, 3.8) is 0 Å². The third kappa shape index (κ3) is 6.90. The van der Waals surface area contributed by atoms with E-state index in [9.17, 15) is 19.5 Å². The van der Waals surface area contributed by atoms with E-state index in [1.807, 2.05) is 19.1 Å². The van der Waals surface area contributed by atoms with Gasteiger partial charge in [-0.05, 0) is 69.9 Å². The van der Waals surface area contributed by atoms with Gasteiger partial charge >= 0.3 is 5.97 Å². The predicted octanol–water partition coefficient (Wildman–Crippen LogP) is 3.31. The molecule has 1 aromatic carbocycles. The van der Waals surface area contributed by atoms with E-state index in [1.54, 1.807) is 34.9 Å². The minimum absolute atomic E-state index is 0.0329. The Morgan fingerprint density at radius 1 is 1.28 bits per heavy atom. The zero-order valence-corrected chi connectivity index (χ0v) is 28.3. The van der Waals surface area contributed by atoms with Crippen molar-refractivity contribution in [2.45, 2.75) is 88.8 Å². The quantitative estimate of drug-likeness (QED) is 0.128. The fourth-order valence-electron chi connectivity index (χ4n) is 7.51. The first-order valence-corrected chi connectivity index (χ1v) is 19.4. The van der Waals surface area contributed by atoms with Crippen molar-refractivity contribution in [3.8, 4) is 0 Å². The molecular weight excluding hydrogens is 611 g/mol. The summed E-state index contributed by atoms with van der Waals surface area (Å²) in [5.74, 6) is -1.25. The Morgan fingerprint density at radius 3 is 2.78 bits per heavy atom. The molecule has 1 spiro atoms. The molecule has 12 nitrogen and oxygen atoms in total. The second kappa shape index (κ2) is 14.3. The summed E-state index contributed by atoms with van der Waals surface area (Å²) in [4.78, 5) is 41.1. The standard InChI is InChI=1S/C32H47FN6O6Si/c1-21-29(46(3,4)33)27(12-16-38-20-24(13-17-40)36-37-38)45-32(21)25-18-23(35-30(42)22-8-7-14-34-19-22)10-11-26(25)39(31(32)43)15-6-5-9-28(41)44-2/h10-11,18,20-22,27,29,34,40H,5-9,12-17,19H2,1-4H3,(H,35,42)/t21-,22?,27+,29-,32+/m1/s1. The number of aromatic nitrogens is 3. The summed E-state index contributed by atoms with van der Waals surface area (Å²) in [6, 6.07) is 5.47. The molecule has 14 heteroatoms. The van der Waals surface area contributed by atoms with Crippen molar-refractivity contribution in [1.29, 1.82) is 0 Å². The average Bonchev–Trinajstić information content (AvgIpc) is 3.68. The summed E-state index contributed by atoms with van der Waals surface area (Å²) in [6.07, 6.45) is 5.11. The van der Waals surface area contributed by atoms with Gasteiger partial charge in [0.25, 0.3) is 5.91 Å². The maximum Gasteiger partial charge on any atom is 0.305 e. The van der Waals surface area contributed by atoms with Gasteiger partial charge in [-0.2, -0.15) is 0 Å². The lowest BCUT2D eigenvalue weighted by molar-refractivity contribution is -0.146. The number of anilines is 2. The molecule has 0 aliphatic carbocycles. The molecule has 4 heterocycles. The maximum atomic E-state index is 16.2. The molecule has 3 aliphatic heterocycles. The zero-order chi connectivity index (χ0) is 33.1. The number of aliphatic hydroxyl groups excluding tert-OH is 1. The zero-order valence-electron chi connectivity index (χ0n) is 27.3. The van der Waals surface area contributed by atoms with Crippen molar-refractivity contribution in [2.24, 2.45) is 11.8 Å². The Balaban J connectivity index is 1.46. The SMILES string of the molecule is COC(=O)CCCCN1C(=O)[C@@]2(O[C@@H](CCn3cc(CCO)nn3)[C@H]([Si](C)(C)F)[C@H]2C)c2cc(NC(=O)C3CCCNC3)ccc21. The maximum absolute atomic E-state index is 16.2. The summed E-state index contributed by atoms with van der Waals surface area (Å²) < 4.78 is 29.5. The molecule has 252 valence electrons. The number of amides is 2. The molecule has 5 atom stereocenters. The molecule has 1 aromatic heterocycles. The van der Waals surface area contributed by atoms with Gasteiger partial charge in [-0.3, -0.25) is 19.1 Å². The van der Waals surface area contributed by atoms with Crippen LogP contribution >= 0.6 is 0 Å². The number of nitrogens with zero attached hydrogens (tertiary/aromatic N) is 4. The fourth-order valence-corrected chi connectivity index (χ4v) is 10.1. The first-order chi connectivity index (χ1) is 22.0. The molecule has 3 N–H and O–H groups in total. The largest absolute Gasteiger partial charge is 0.469 e. The number of unbranched alkanes of at least 4 members (excludes halogenated alkanes) is 1. The number of nitrogens with one attached hydrogen (secondary N) is 2. The van der Waals surface area contributed by atoms with Gasteiger partial charge in [-0.25, -0.2) is 0 Å². The number of aliphatic hydroxyl groups is 1. The lowest BCUT2D eigenvalue weighted by Crippen LogP contribution is -2.45. The number of fused-ring (bicyclic) bond motifs is 2. The van der Waals surface area contributed by atoms with Gasteiger partial charge < -0.3 is 34.2 Å². The number of methoxy groups -OCH3 is 1. The predicted molar refractivity (Wildman–Crippen MR) is 172 cm³/mol. The summed E-state index contributed by atoms with van der Waals surface area (Å²) >= 11 is 0. The summed E-state index contributed by atoms with van der Waals surface area (Å²) in [5, 5.41) is 23.8. The van der Waals surface area contributed by atoms with Crippen LogP contribution in [0, 0.1) is 11.8 Å². The monoisotopic (exact) mass is 658 g/mol. The van der Waals surface area contributed by atoms with Crippen LogP contribution in [0.3, 0.4) is 0 Å². The third-order valence-corrected chi connectivity index (χ3v) is 12.2. The number of piperidine rings is 1. The van der Waals surface area contributed by atoms with Gasteiger partial charge in [0.2, 0.25) is 14.3 Å². The first-order valence-electron chi connectivity index (χ1n) is 16.4. The summed E-state index contributed by atoms with van der Waals surface area (Å²) in [5.41, 5.74) is 0.624. The van der Waals surface area contributed by atoms with Crippen LogP contribution in [0.2, 0.25) is 18.6 Å². The van der Waals surface area contributed by atoms with Crippen LogP contribution in [-0.2, 0) is 42.4 Å². The molecule has 46 heavy (non-hydrogen) atoms. The van der Waals surface area contributed by atoms with E-state index in [2.05, 4.69) is 20.9 Å². The molecule has 0 saturated carbocycles. The highest BCUT2D eigenvalue weighted by atomic mass is 28.4. The molecular formula is C32H47FN6O6Si. The van der Waals surface area contributed by atoms with E-state index < -0.39 is 31.6 Å². The average molecular weight is 659 g/mol. The smallest absolute Gasteiger partial charge is 0.305 e. The normalized spacial score (nSPS) is 26.0. The Morgan fingerprint density at radius 2 is 2.09 bits per heavy atom. The number of hydrogen-bond acceptors (Lipinski definition) is 9. The number of aryl methyl sites for hydroxylation is 1. The molecule has 2 saturated heterocycles. The second-order valence-corrected chi connectivity index (χ2v) is 17.1. The van der Waals surface area contributed by atoms with E-state index in [0.717, 1.165) is 19.4 Å². The lowest BCUT2D eigenvalue weighted by Gasteiger charge is -2.31. The van der Waals surface area contributed by atoms with Crippen LogP contribution in [0.15, 0.2) is 24.4 Å². The van der Waals surface area contributed by atoms with Gasteiger partial charge in [0, 0.05) is 68.0 Å². The number of carbonyl (C=O) groups excluding carboxylic acids is 3. The van der Waals surface area contributed by atoms with E-state index in [-0.39, 0.29) is 36.7 Å². The first kappa shape index (κ1) is 34.1. The number of hydrogen-bond donors (Lipinski definition) is 3. The highest BCUT2D eigenvalue weighted by Crippen LogP contribution is 2.60. The van der Waals surface area contributed by atoms with Crippen molar-refractivity contribution < 1.29 is 33.1 Å². The van der Waals surface area contributed by atoms with Crippen LogP contribution in [0.1, 0.15) is 56.7 Å². The molecule has 1 unspecified atom stereocenters. The van der Waals surface area contributed by atoms with E-state index in [1.165, 1.54) is 7.11 Å². The molecule has 0 bridgehead atoms.